The minimum Gasteiger partial charge on any atom is -0.464 e. The predicted molar refractivity (Wildman–Crippen MR) is 91.5 cm³/mol. The summed E-state index contributed by atoms with van der Waals surface area (Å²) in [6.07, 6.45) is 5.24. The zero-order valence-electron chi connectivity index (χ0n) is 14.3. The Bertz CT molecular complexity index is 810. The van der Waals surface area contributed by atoms with Crippen LogP contribution in [0.4, 0.5) is 0 Å². The van der Waals surface area contributed by atoms with Gasteiger partial charge in [0, 0.05) is 11.8 Å². The Kier molecular flexibility index (Phi) is 4.12. The molecule has 1 fully saturated rings. The van der Waals surface area contributed by atoms with Crippen molar-refractivity contribution in [1.82, 2.24) is 25.1 Å². The third-order valence-electron chi connectivity index (χ3n) is 4.88. The fourth-order valence-corrected chi connectivity index (χ4v) is 3.71. The minimum atomic E-state index is -0.480. The number of nitrogens with zero attached hydrogens (tertiary/aromatic N) is 4. The number of ether oxygens (including phenoxy) is 1. The standard InChI is InChI=1S/C17H22N6O2/c1-2-25-17-20-9-10-3-4-12-14(16(18)24)22-23(15(12)13(10)21-17)11-5-7-19-8-6-11/h9,11,19H,2-8H2,1H3,(H2,18,24). The third-order valence-corrected chi connectivity index (χ3v) is 4.88. The SMILES string of the molecule is CCOc1ncc2c(n1)-c1c(c(C(N)=O)nn1C1CCNCC1)CC2. The summed E-state index contributed by atoms with van der Waals surface area (Å²) in [5.74, 6) is -0.480. The van der Waals surface area contributed by atoms with Crippen LogP contribution in [0.2, 0.25) is 0 Å². The molecule has 1 amide bonds. The maximum absolute atomic E-state index is 11.9. The molecule has 0 bridgehead atoms. The first-order chi connectivity index (χ1) is 12.2. The van der Waals surface area contributed by atoms with Crippen LogP contribution < -0.4 is 15.8 Å². The van der Waals surface area contributed by atoms with E-state index in [2.05, 4.69) is 20.4 Å². The lowest BCUT2D eigenvalue weighted by atomic mass is 9.92. The van der Waals surface area contributed by atoms with E-state index in [4.69, 9.17) is 10.5 Å². The van der Waals surface area contributed by atoms with Crippen LogP contribution in [0, 0.1) is 0 Å². The predicted octanol–water partition coefficient (Wildman–Crippen LogP) is 0.861. The Morgan fingerprint density at radius 1 is 1.40 bits per heavy atom. The highest BCUT2D eigenvalue weighted by molar-refractivity contribution is 5.94. The van der Waals surface area contributed by atoms with Crippen LogP contribution >= 0.6 is 0 Å². The number of nitrogens with one attached hydrogen (secondary N) is 1. The highest BCUT2D eigenvalue weighted by Crippen LogP contribution is 2.37. The maximum atomic E-state index is 11.9. The van der Waals surface area contributed by atoms with Crippen molar-refractivity contribution in [3.8, 4) is 17.4 Å². The first kappa shape index (κ1) is 16.0. The zero-order valence-corrected chi connectivity index (χ0v) is 14.3. The van der Waals surface area contributed by atoms with Crippen molar-refractivity contribution in [1.29, 1.82) is 0 Å². The maximum Gasteiger partial charge on any atom is 0.316 e. The van der Waals surface area contributed by atoms with Crippen LogP contribution in [0.3, 0.4) is 0 Å². The Morgan fingerprint density at radius 2 is 2.20 bits per heavy atom. The van der Waals surface area contributed by atoms with Crippen molar-refractivity contribution < 1.29 is 9.53 Å². The molecule has 0 unspecified atom stereocenters. The largest absolute Gasteiger partial charge is 0.464 e. The van der Waals surface area contributed by atoms with Gasteiger partial charge in [0.1, 0.15) is 0 Å². The number of amides is 1. The van der Waals surface area contributed by atoms with Gasteiger partial charge in [-0.15, -0.1) is 0 Å². The normalized spacial score (nSPS) is 17.0. The second kappa shape index (κ2) is 6.44. The van der Waals surface area contributed by atoms with Gasteiger partial charge in [-0.2, -0.15) is 10.1 Å². The summed E-state index contributed by atoms with van der Waals surface area (Å²) in [7, 11) is 0. The summed E-state index contributed by atoms with van der Waals surface area (Å²) in [4.78, 5) is 20.8. The number of aryl methyl sites for hydroxylation is 1. The lowest BCUT2D eigenvalue weighted by molar-refractivity contribution is 0.0993. The molecule has 132 valence electrons. The van der Waals surface area contributed by atoms with Gasteiger partial charge in [-0.05, 0) is 51.3 Å². The second-order valence-corrected chi connectivity index (χ2v) is 6.43. The zero-order chi connectivity index (χ0) is 17.4. The molecule has 3 heterocycles. The molecular weight excluding hydrogens is 320 g/mol. The summed E-state index contributed by atoms with van der Waals surface area (Å²) in [5, 5.41) is 7.96. The average Bonchev–Trinajstić information content (AvgIpc) is 3.03. The van der Waals surface area contributed by atoms with E-state index in [9.17, 15) is 4.79 Å². The molecule has 3 N–H and O–H groups in total. The van der Waals surface area contributed by atoms with E-state index in [1.165, 1.54) is 0 Å². The molecule has 8 nitrogen and oxygen atoms in total. The van der Waals surface area contributed by atoms with Crippen LogP contribution in [0.5, 0.6) is 6.01 Å². The molecule has 0 aromatic carbocycles. The van der Waals surface area contributed by atoms with E-state index < -0.39 is 5.91 Å². The number of carbonyl (C=O) groups excluding carboxylic acids is 1. The summed E-state index contributed by atoms with van der Waals surface area (Å²) >= 11 is 0. The van der Waals surface area contributed by atoms with Crippen LogP contribution in [0.15, 0.2) is 6.20 Å². The number of piperidine rings is 1. The molecule has 2 aliphatic rings. The molecule has 0 spiro atoms. The molecule has 1 aliphatic carbocycles. The van der Waals surface area contributed by atoms with E-state index in [0.29, 0.717) is 18.3 Å². The summed E-state index contributed by atoms with van der Waals surface area (Å²) in [6, 6.07) is 0.590. The van der Waals surface area contributed by atoms with Gasteiger partial charge in [0.05, 0.1) is 24.0 Å². The second-order valence-electron chi connectivity index (χ2n) is 6.43. The van der Waals surface area contributed by atoms with Gasteiger partial charge in [0.2, 0.25) is 0 Å². The smallest absolute Gasteiger partial charge is 0.316 e. The fourth-order valence-electron chi connectivity index (χ4n) is 3.71. The van der Waals surface area contributed by atoms with Gasteiger partial charge in [-0.3, -0.25) is 9.48 Å². The van der Waals surface area contributed by atoms with E-state index in [1.807, 2.05) is 17.8 Å². The number of primary amides is 1. The number of hydrogen-bond donors (Lipinski definition) is 2. The van der Waals surface area contributed by atoms with Crippen molar-refractivity contribution in [2.24, 2.45) is 5.73 Å². The number of rotatable bonds is 4. The average molecular weight is 342 g/mol. The lowest BCUT2D eigenvalue weighted by Crippen LogP contribution is -2.30. The summed E-state index contributed by atoms with van der Waals surface area (Å²) in [5.41, 5.74) is 9.65. The quantitative estimate of drug-likeness (QED) is 0.853. The van der Waals surface area contributed by atoms with Gasteiger partial charge in [0.15, 0.2) is 5.69 Å². The van der Waals surface area contributed by atoms with Crippen molar-refractivity contribution in [2.75, 3.05) is 19.7 Å². The number of fused-ring (bicyclic) bond motifs is 3. The molecule has 2 aromatic rings. The molecule has 8 heteroatoms. The van der Waals surface area contributed by atoms with Gasteiger partial charge in [-0.25, -0.2) is 4.98 Å². The monoisotopic (exact) mass is 342 g/mol. The summed E-state index contributed by atoms with van der Waals surface area (Å²) < 4.78 is 7.44. The molecule has 2 aromatic heterocycles. The van der Waals surface area contributed by atoms with Crippen LogP contribution in [0.25, 0.3) is 11.4 Å². The molecular formula is C17H22N6O2. The molecule has 1 saturated heterocycles. The van der Waals surface area contributed by atoms with Gasteiger partial charge >= 0.3 is 6.01 Å². The van der Waals surface area contributed by atoms with Crippen LogP contribution in [-0.4, -0.2) is 45.4 Å². The number of aromatic nitrogens is 4. The van der Waals surface area contributed by atoms with E-state index in [1.54, 1.807) is 0 Å². The molecule has 1 aliphatic heterocycles. The Labute approximate surface area is 145 Å². The minimum absolute atomic E-state index is 0.236. The first-order valence-electron chi connectivity index (χ1n) is 8.80. The Morgan fingerprint density at radius 3 is 2.92 bits per heavy atom. The Hall–Kier alpha value is -2.48. The van der Waals surface area contributed by atoms with Crippen molar-refractivity contribution in [3.05, 3.63) is 23.0 Å². The number of hydrogen-bond acceptors (Lipinski definition) is 6. The number of nitrogens with two attached hydrogens (primary N) is 1. The molecule has 4 rings (SSSR count). The molecule has 25 heavy (non-hydrogen) atoms. The van der Waals surface area contributed by atoms with Crippen LogP contribution in [-0.2, 0) is 12.8 Å². The number of carbonyl (C=O) groups is 1. The lowest BCUT2D eigenvalue weighted by Gasteiger charge is -2.26. The van der Waals surface area contributed by atoms with Gasteiger partial charge < -0.3 is 15.8 Å². The topological polar surface area (TPSA) is 108 Å². The van der Waals surface area contributed by atoms with E-state index in [0.717, 1.165) is 61.3 Å². The van der Waals surface area contributed by atoms with E-state index in [-0.39, 0.29) is 6.04 Å². The third kappa shape index (κ3) is 2.76. The van der Waals surface area contributed by atoms with Crippen molar-refractivity contribution in [2.45, 2.75) is 38.6 Å². The van der Waals surface area contributed by atoms with E-state index >= 15 is 0 Å². The fraction of sp³-hybridized carbons (Fsp3) is 0.529. The van der Waals surface area contributed by atoms with Gasteiger partial charge in [0.25, 0.3) is 5.91 Å². The molecule has 0 radical (unpaired) electrons. The Balaban J connectivity index is 1.88. The van der Waals surface area contributed by atoms with Crippen molar-refractivity contribution in [3.63, 3.8) is 0 Å². The molecule has 0 saturated carbocycles. The van der Waals surface area contributed by atoms with Gasteiger partial charge in [-0.1, -0.05) is 0 Å². The summed E-state index contributed by atoms with van der Waals surface area (Å²) in [6.45, 7) is 4.28. The molecule has 0 atom stereocenters. The highest BCUT2D eigenvalue weighted by Gasteiger charge is 2.32. The van der Waals surface area contributed by atoms with Crippen molar-refractivity contribution >= 4 is 5.91 Å². The van der Waals surface area contributed by atoms with Crippen LogP contribution in [0.1, 0.15) is 47.4 Å². The highest BCUT2D eigenvalue weighted by atomic mass is 16.5. The first-order valence-corrected chi connectivity index (χ1v) is 8.80.